The van der Waals surface area contributed by atoms with Gasteiger partial charge in [-0.05, 0) is 48.0 Å². The Morgan fingerprint density at radius 3 is 2.44 bits per heavy atom. The molecule has 4 nitrogen and oxygen atoms in total. The molecule has 32 heavy (non-hydrogen) atoms. The maximum Gasteiger partial charge on any atom is 0.160 e. The lowest BCUT2D eigenvalue weighted by Gasteiger charge is -2.08. The molecule has 0 spiro atoms. The van der Waals surface area contributed by atoms with E-state index >= 15 is 0 Å². The Kier molecular flexibility index (Phi) is 4.22. The molecule has 0 atom stereocenters. The molecule has 0 saturated heterocycles. The van der Waals surface area contributed by atoms with Crippen molar-refractivity contribution in [1.29, 1.82) is 0 Å². The van der Waals surface area contributed by atoms with E-state index < -0.39 is 0 Å². The molecule has 3 heterocycles. The standard InChI is InChI=1S/C28H20N4/c1-2-3-9-20-18-27(30-29-19-20)32-25-13-8-7-12-22(25)28-23-16-17-31(21-10-5-4-6-11-21)24(23)14-15-26(28)32/h2-19H,1H2/b9-3-. The van der Waals surface area contributed by atoms with E-state index in [9.17, 15) is 0 Å². The first-order valence-corrected chi connectivity index (χ1v) is 10.6. The molecule has 3 aromatic carbocycles. The monoisotopic (exact) mass is 412 g/mol. The maximum absolute atomic E-state index is 4.47. The Balaban J connectivity index is 1.67. The number of nitrogens with zero attached hydrogens (tertiary/aromatic N) is 4. The molecule has 4 heteroatoms. The molecule has 0 radical (unpaired) electrons. The number of hydrogen-bond acceptors (Lipinski definition) is 2. The zero-order valence-electron chi connectivity index (χ0n) is 17.4. The first-order chi connectivity index (χ1) is 15.8. The van der Waals surface area contributed by atoms with Gasteiger partial charge in [-0.25, -0.2) is 0 Å². The Morgan fingerprint density at radius 1 is 0.781 bits per heavy atom. The van der Waals surface area contributed by atoms with Crippen molar-refractivity contribution in [3.63, 3.8) is 0 Å². The fourth-order valence-electron chi connectivity index (χ4n) is 4.49. The average molecular weight is 412 g/mol. The van der Waals surface area contributed by atoms with E-state index in [0.717, 1.165) is 28.1 Å². The quantitative estimate of drug-likeness (QED) is 0.301. The van der Waals surface area contributed by atoms with Gasteiger partial charge in [0.25, 0.3) is 0 Å². The van der Waals surface area contributed by atoms with Crippen molar-refractivity contribution in [3.8, 4) is 11.5 Å². The summed E-state index contributed by atoms with van der Waals surface area (Å²) in [6, 6.07) is 27.6. The molecule has 0 unspecified atom stereocenters. The highest BCUT2D eigenvalue weighted by Crippen LogP contribution is 2.37. The summed E-state index contributed by atoms with van der Waals surface area (Å²) in [4.78, 5) is 0. The lowest BCUT2D eigenvalue weighted by molar-refractivity contribution is 0.950. The van der Waals surface area contributed by atoms with Gasteiger partial charge in [0.15, 0.2) is 5.82 Å². The summed E-state index contributed by atoms with van der Waals surface area (Å²) in [5.41, 5.74) is 5.54. The summed E-state index contributed by atoms with van der Waals surface area (Å²) >= 11 is 0. The number of benzene rings is 3. The number of rotatable bonds is 4. The van der Waals surface area contributed by atoms with Crippen LogP contribution in [0.4, 0.5) is 0 Å². The van der Waals surface area contributed by atoms with Gasteiger partial charge in [0.1, 0.15) is 0 Å². The Morgan fingerprint density at radius 2 is 1.56 bits per heavy atom. The molecule has 0 amide bonds. The predicted octanol–water partition coefficient (Wildman–Crippen LogP) is 6.72. The van der Waals surface area contributed by atoms with Gasteiger partial charge in [-0.15, -0.1) is 5.10 Å². The third kappa shape index (κ3) is 2.77. The van der Waals surface area contributed by atoms with Crippen LogP contribution >= 0.6 is 0 Å². The highest BCUT2D eigenvalue weighted by atomic mass is 15.2. The Bertz CT molecular complexity index is 1630. The fourth-order valence-corrected chi connectivity index (χ4v) is 4.49. The molecule has 6 aromatic rings. The summed E-state index contributed by atoms with van der Waals surface area (Å²) in [7, 11) is 0. The minimum absolute atomic E-state index is 0.796. The van der Waals surface area contributed by atoms with E-state index in [0.29, 0.717) is 0 Å². The Labute approximate surface area is 185 Å². The first kappa shape index (κ1) is 18.3. The van der Waals surface area contributed by atoms with Crippen LogP contribution in [0.2, 0.25) is 0 Å². The topological polar surface area (TPSA) is 35.6 Å². The van der Waals surface area contributed by atoms with Gasteiger partial charge < -0.3 is 4.57 Å². The van der Waals surface area contributed by atoms with Gasteiger partial charge in [-0.1, -0.05) is 61.2 Å². The zero-order chi connectivity index (χ0) is 21.5. The van der Waals surface area contributed by atoms with E-state index in [1.807, 2.05) is 18.2 Å². The van der Waals surface area contributed by atoms with E-state index in [1.54, 1.807) is 12.3 Å². The molecule has 3 aromatic heterocycles. The largest absolute Gasteiger partial charge is 0.317 e. The van der Waals surface area contributed by atoms with Crippen molar-refractivity contribution in [2.75, 3.05) is 0 Å². The Hall–Kier alpha value is -4.44. The molecule has 0 aliphatic rings. The lowest BCUT2D eigenvalue weighted by atomic mass is 10.1. The number of para-hydroxylation sites is 2. The minimum atomic E-state index is 0.796. The van der Waals surface area contributed by atoms with Crippen molar-refractivity contribution < 1.29 is 0 Å². The normalized spacial score (nSPS) is 11.8. The molecular formula is C28H20N4. The molecule has 6 rings (SSSR count). The zero-order valence-corrected chi connectivity index (χ0v) is 17.4. The smallest absolute Gasteiger partial charge is 0.160 e. The van der Waals surface area contributed by atoms with Crippen LogP contribution in [-0.4, -0.2) is 19.3 Å². The predicted molar refractivity (Wildman–Crippen MR) is 132 cm³/mol. The van der Waals surface area contributed by atoms with Crippen molar-refractivity contribution >= 4 is 38.8 Å². The van der Waals surface area contributed by atoms with Crippen LogP contribution in [0.5, 0.6) is 0 Å². The van der Waals surface area contributed by atoms with Crippen LogP contribution in [0, 0.1) is 0 Å². The third-order valence-electron chi connectivity index (χ3n) is 5.86. The second-order valence-corrected chi connectivity index (χ2v) is 7.71. The van der Waals surface area contributed by atoms with Crippen LogP contribution in [0.15, 0.2) is 110 Å². The van der Waals surface area contributed by atoms with E-state index in [1.165, 1.54) is 21.7 Å². The van der Waals surface area contributed by atoms with Crippen LogP contribution in [-0.2, 0) is 0 Å². The molecule has 152 valence electrons. The molecular weight excluding hydrogens is 392 g/mol. The van der Waals surface area contributed by atoms with Crippen LogP contribution in [0.3, 0.4) is 0 Å². The second kappa shape index (κ2) is 7.36. The molecule has 0 aliphatic carbocycles. The van der Waals surface area contributed by atoms with Gasteiger partial charge >= 0.3 is 0 Å². The van der Waals surface area contributed by atoms with E-state index in [-0.39, 0.29) is 0 Å². The highest BCUT2D eigenvalue weighted by Gasteiger charge is 2.17. The highest BCUT2D eigenvalue weighted by molar-refractivity contribution is 6.21. The summed E-state index contributed by atoms with van der Waals surface area (Å²) in [5, 5.41) is 12.4. The third-order valence-corrected chi connectivity index (χ3v) is 5.86. The first-order valence-electron chi connectivity index (χ1n) is 10.6. The van der Waals surface area contributed by atoms with Gasteiger partial charge in [-0.3, -0.25) is 4.57 Å². The van der Waals surface area contributed by atoms with Crippen LogP contribution in [0.1, 0.15) is 5.56 Å². The summed E-state index contributed by atoms with van der Waals surface area (Å²) in [5.74, 6) is 0.796. The van der Waals surface area contributed by atoms with Crippen molar-refractivity contribution in [2.24, 2.45) is 0 Å². The van der Waals surface area contributed by atoms with Gasteiger partial charge in [0.2, 0.25) is 0 Å². The molecule has 0 aliphatic heterocycles. The summed E-state index contributed by atoms with van der Waals surface area (Å²) < 4.78 is 4.43. The molecule has 0 N–H and O–H groups in total. The molecule has 0 fully saturated rings. The number of aromatic nitrogens is 4. The molecule has 0 saturated carbocycles. The van der Waals surface area contributed by atoms with Crippen LogP contribution in [0.25, 0.3) is 50.3 Å². The van der Waals surface area contributed by atoms with Gasteiger partial charge in [0, 0.05) is 28.0 Å². The van der Waals surface area contributed by atoms with Gasteiger partial charge in [-0.2, -0.15) is 5.10 Å². The average Bonchev–Trinajstić information content (AvgIpc) is 3.42. The summed E-state index contributed by atoms with van der Waals surface area (Å²) in [6.45, 7) is 3.75. The van der Waals surface area contributed by atoms with Crippen LogP contribution < -0.4 is 0 Å². The molecule has 0 bridgehead atoms. The number of fused-ring (bicyclic) bond motifs is 5. The SMILES string of the molecule is C=C/C=C\c1cnnc(-n2c3ccccc3c3c4ccn(-c5ccccc5)c4ccc32)c1. The number of hydrogen-bond donors (Lipinski definition) is 0. The van der Waals surface area contributed by atoms with Gasteiger partial charge in [0.05, 0.1) is 22.7 Å². The number of allylic oxidation sites excluding steroid dienone is 2. The fraction of sp³-hybridized carbons (Fsp3) is 0. The van der Waals surface area contributed by atoms with Crippen molar-refractivity contribution in [2.45, 2.75) is 0 Å². The minimum Gasteiger partial charge on any atom is -0.317 e. The van der Waals surface area contributed by atoms with E-state index in [4.69, 9.17) is 0 Å². The second-order valence-electron chi connectivity index (χ2n) is 7.71. The maximum atomic E-state index is 4.47. The van der Waals surface area contributed by atoms with Crippen molar-refractivity contribution in [3.05, 3.63) is 116 Å². The van der Waals surface area contributed by atoms with E-state index in [2.05, 4.69) is 105 Å². The lowest BCUT2D eigenvalue weighted by Crippen LogP contribution is -1.99. The summed E-state index contributed by atoms with van der Waals surface area (Å²) in [6.07, 6.45) is 9.55. The van der Waals surface area contributed by atoms with Crippen molar-refractivity contribution in [1.82, 2.24) is 19.3 Å².